The summed E-state index contributed by atoms with van der Waals surface area (Å²) in [7, 11) is 0. The number of aromatic nitrogens is 2. The Labute approximate surface area is 173 Å². The van der Waals surface area contributed by atoms with E-state index in [1.54, 1.807) is 6.07 Å². The van der Waals surface area contributed by atoms with E-state index in [-0.39, 0.29) is 13.0 Å². The molecule has 1 heterocycles. The van der Waals surface area contributed by atoms with Crippen LogP contribution in [0.15, 0.2) is 66.7 Å². The SMILES string of the molecule is Cc1ccc(-c2ccc(-c3nc(NCCC(=O)O)c4cc(F)ccc4n3)cc2)cc1. The second kappa shape index (κ2) is 8.29. The van der Waals surface area contributed by atoms with Crippen molar-refractivity contribution < 1.29 is 14.3 Å². The van der Waals surface area contributed by atoms with Gasteiger partial charge >= 0.3 is 5.97 Å². The van der Waals surface area contributed by atoms with Crippen LogP contribution in [0.25, 0.3) is 33.4 Å². The van der Waals surface area contributed by atoms with E-state index in [0.717, 1.165) is 16.7 Å². The number of halogens is 1. The Balaban J connectivity index is 1.70. The minimum Gasteiger partial charge on any atom is -0.481 e. The molecule has 1 aromatic heterocycles. The third kappa shape index (κ3) is 4.27. The zero-order chi connectivity index (χ0) is 21.1. The summed E-state index contributed by atoms with van der Waals surface area (Å²) in [5, 5.41) is 12.4. The second-order valence-corrected chi connectivity index (χ2v) is 7.07. The van der Waals surface area contributed by atoms with Gasteiger partial charge in [0.2, 0.25) is 0 Å². The molecular formula is C24H20FN3O2. The van der Waals surface area contributed by atoms with Crippen LogP contribution in [0.5, 0.6) is 0 Å². The number of anilines is 1. The highest BCUT2D eigenvalue weighted by Gasteiger charge is 2.11. The summed E-state index contributed by atoms with van der Waals surface area (Å²) in [6, 6.07) is 20.5. The van der Waals surface area contributed by atoms with Gasteiger partial charge in [-0.05, 0) is 36.2 Å². The third-order valence-electron chi connectivity index (χ3n) is 4.82. The van der Waals surface area contributed by atoms with E-state index in [4.69, 9.17) is 5.11 Å². The first-order chi connectivity index (χ1) is 14.5. The average molecular weight is 401 g/mol. The number of carbonyl (C=O) groups is 1. The first kappa shape index (κ1) is 19.5. The zero-order valence-corrected chi connectivity index (χ0v) is 16.4. The van der Waals surface area contributed by atoms with E-state index in [1.807, 2.05) is 24.3 Å². The molecule has 0 fully saturated rings. The molecule has 0 unspecified atom stereocenters. The van der Waals surface area contributed by atoms with Gasteiger partial charge in [-0.2, -0.15) is 0 Å². The quantitative estimate of drug-likeness (QED) is 0.459. The molecule has 0 saturated carbocycles. The zero-order valence-electron chi connectivity index (χ0n) is 16.4. The van der Waals surface area contributed by atoms with Crippen molar-refractivity contribution in [2.24, 2.45) is 0 Å². The van der Waals surface area contributed by atoms with Crippen molar-refractivity contribution in [1.82, 2.24) is 9.97 Å². The maximum Gasteiger partial charge on any atom is 0.305 e. The van der Waals surface area contributed by atoms with Gasteiger partial charge in [0.15, 0.2) is 5.82 Å². The van der Waals surface area contributed by atoms with Gasteiger partial charge in [-0.3, -0.25) is 4.79 Å². The van der Waals surface area contributed by atoms with E-state index in [1.165, 1.54) is 17.7 Å². The average Bonchev–Trinajstić information content (AvgIpc) is 2.74. The van der Waals surface area contributed by atoms with Crippen LogP contribution in [0.3, 0.4) is 0 Å². The number of nitrogens with one attached hydrogen (secondary N) is 1. The van der Waals surface area contributed by atoms with Crippen LogP contribution >= 0.6 is 0 Å². The number of aliphatic carboxylic acids is 1. The maximum absolute atomic E-state index is 13.7. The molecule has 4 aromatic rings. The first-order valence-electron chi connectivity index (χ1n) is 9.60. The molecule has 0 atom stereocenters. The van der Waals surface area contributed by atoms with Crippen molar-refractivity contribution in [3.63, 3.8) is 0 Å². The van der Waals surface area contributed by atoms with Crippen LogP contribution < -0.4 is 5.32 Å². The number of fused-ring (bicyclic) bond motifs is 1. The van der Waals surface area contributed by atoms with Crippen LogP contribution in [0.1, 0.15) is 12.0 Å². The van der Waals surface area contributed by atoms with Gasteiger partial charge in [0.25, 0.3) is 0 Å². The molecule has 0 aliphatic rings. The molecule has 30 heavy (non-hydrogen) atoms. The number of nitrogens with zero attached hydrogens (tertiary/aromatic N) is 2. The molecular weight excluding hydrogens is 381 g/mol. The van der Waals surface area contributed by atoms with Crippen molar-refractivity contribution in [3.8, 4) is 22.5 Å². The van der Waals surface area contributed by atoms with Crippen LogP contribution in [-0.2, 0) is 4.79 Å². The molecule has 0 bridgehead atoms. The fourth-order valence-corrected chi connectivity index (χ4v) is 3.21. The Hall–Kier alpha value is -3.80. The highest BCUT2D eigenvalue weighted by Crippen LogP contribution is 2.28. The lowest BCUT2D eigenvalue weighted by atomic mass is 10.0. The predicted molar refractivity (Wildman–Crippen MR) is 116 cm³/mol. The topological polar surface area (TPSA) is 75.1 Å². The Morgan fingerprint density at radius 1 is 0.933 bits per heavy atom. The van der Waals surface area contributed by atoms with Gasteiger partial charge in [-0.15, -0.1) is 0 Å². The lowest BCUT2D eigenvalue weighted by Crippen LogP contribution is -2.10. The van der Waals surface area contributed by atoms with Gasteiger partial charge in [-0.25, -0.2) is 14.4 Å². The summed E-state index contributed by atoms with van der Waals surface area (Å²) in [4.78, 5) is 19.9. The number of hydrogen-bond donors (Lipinski definition) is 2. The first-order valence-corrected chi connectivity index (χ1v) is 9.60. The Kier molecular flexibility index (Phi) is 5.39. The second-order valence-electron chi connectivity index (χ2n) is 7.07. The normalized spacial score (nSPS) is 10.9. The Bertz CT molecular complexity index is 1210. The minimum absolute atomic E-state index is 0.0681. The van der Waals surface area contributed by atoms with Gasteiger partial charge < -0.3 is 10.4 Å². The van der Waals surface area contributed by atoms with Crippen molar-refractivity contribution >= 4 is 22.7 Å². The lowest BCUT2D eigenvalue weighted by molar-refractivity contribution is -0.136. The van der Waals surface area contributed by atoms with Crippen LogP contribution in [0.4, 0.5) is 10.2 Å². The van der Waals surface area contributed by atoms with E-state index in [9.17, 15) is 9.18 Å². The molecule has 0 radical (unpaired) electrons. The monoisotopic (exact) mass is 401 g/mol. The van der Waals surface area contributed by atoms with Crippen molar-refractivity contribution in [1.29, 1.82) is 0 Å². The summed E-state index contributed by atoms with van der Waals surface area (Å²) in [5.41, 5.74) is 4.82. The van der Waals surface area contributed by atoms with Crippen LogP contribution in [0, 0.1) is 12.7 Å². The molecule has 0 amide bonds. The maximum atomic E-state index is 13.7. The van der Waals surface area contributed by atoms with Crippen molar-refractivity contribution in [3.05, 3.63) is 78.1 Å². The molecule has 3 aromatic carbocycles. The van der Waals surface area contributed by atoms with Gasteiger partial charge in [-0.1, -0.05) is 54.1 Å². The number of carboxylic acid groups (broad SMARTS) is 1. The predicted octanol–water partition coefficient (Wildman–Crippen LogP) is 5.30. The Morgan fingerprint density at radius 2 is 1.57 bits per heavy atom. The summed E-state index contributed by atoms with van der Waals surface area (Å²) >= 11 is 0. The molecule has 0 aliphatic heterocycles. The van der Waals surface area contributed by atoms with E-state index < -0.39 is 11.8 Å². The van der Waals surface area contributed by atoms with Crippen LogP contribution in [-0.4, -0.2) is 27.6 Å². The van der Waals surface area contributed by atoms with E-state index in [2.05, 4.69) is 46.5 Å². The third-order valence-corrected chi connectivity index (χ3v) is 4.82. The summed E-state index contributed by atoms with van der Waals surface area (Å²) in [6.07, 6.45) is -0.0681. The van der Waals surface area contributed by atoms with Crippen molar-refractivity contribution in [2.75, 3.05) is 11.9 Å². The summed E-state index contributed by atoms with van der Waals surface area (Å²) in [6.45, 7) is 2.24. The fourth-order valence-electron chi connectivity index (χ4n) is 3.21. The fraction of sp³-hybridized carbons (Fsp3) is 0.125. The standard InChI is InChI=1S/C24H20FN3O2/c1-15-2-4-16(5-3-15)17-6-8-18(9-7-17)23-27-21-11-10-19(25)14-20(21)24(28-23)26-13-12-22(29)30/h2-11,14H,12-13H2,1H3,(H,29,30)(H,26,27,28). The molecule has 2 N–H and O–H groups in total. The number of benzene rings is 3. The number of hydrogen-bond acceptors (Lipinski definition) is 4. The molecule has 0 spiro atoms. The van der Waals surface area contributed by atoms with Crippen molar-refractivity contribution in [2.45, 2.75) is 13.3 Å². The molecule has 4 rings (SSSR count). The number of carboxylic acids is 1. The summed E-state index contributed by atoms with van der Waals surface area (Å²) in [5.74, 6) is -0.415. The highest BCUT2D eigenvalue weighted by molar-refractivity contribution is 5.91. The smallest absolute Gasteiger partial charge is 0.305 e. The van der Waals surface area contributed by atoms with Gasteiger partial charge in [0, 0.05) is 17.5 Å². The lowest BCUT2D eigenvalue weighted by Gasteiger charge is -2.11. The molecule has 150 valence electrons. The minimum atomic E-state index is -0.918. The molecule has 0 saturated heterocycles. The Morgan fingerprint density at radius 3 is 2.23 bits per heavy atom. The molecule has 6 heteroatoms. The van der Waals surface area contributed by atoms with E-state index in [0.29, 0.717) is 22.5 Å². The largest absolute Gasteiger partial charge is 0.481 e. The molecule has 5 nitrogen and oxygen atoms in total. The number of aryl methyl sites for hydroxylation is 1. The number of rotatable bonds is 6. The summed E-state index contributed by atoms with van der Waals surface area (Å²) < 4.78 is 13.7. The van der Waals surface area contributed by atoms with Crippen LogP contribution in [0.2, 0.25) is 0 Å². The van der Waals surface area contributed by atoms with E-state index >= 15 is 0 Å². The van der Waals surface area contributed by atoms with Gasteiger partial charge in [0.1, 0.15) is 11.6 Å². The molecule has 0 aliphatic carbocycles. The van der Waals surface area contributed by atoms with Gasteiger partial charge in [0.05, 0.1) is 11.9 Å². The highest BCUT2D eigenvalue weighted by atomic mass is 19.1.